The van der Waals surface area contributed by atoms with Gasteiger partial charge in [0.05, 0.1) is 19.3 Å². The summed E-state index contributed by atoms with van der Waals surface area (Å²) in [5.41, 5.74) is 4.91. The molecule has 0 spiro atoms. The van der Waals surface area contributed by atoms with Gasteiger partial charge in [-0.25, -0.2) is 0 Å². The van der Waals surface area contributed by atoms with Gasteiger partial charge in [-0.3, -0.25) is 14.5 Å². The van der Waals surface area contributed by atoms with Crippen molar-refractivity contribution in [3.63, 3.8) is 0 Å². The summed E-state index contributed by atoms with van der Waals surface area (Å²) in [5.74, 6) is -1.17. The van der Waals surface area contributed by atoms with E-state index >= 15 is 0 Å². The lowest BCUT2D eigenvalue weighted by Gasteiger charge is -2.35. The molecule has 0 aliphatic carbocycles. The van der Waals surface area contributed by atoms with Gasteiger partial charge in [0.1, 0.15) is 0 Å². The van der Waals surface area contributed by atoms with Crippen molar-refractivity contribution in [3.8, 4) is 0 Å². The van der Waals surface area contributed by atoms with Crippen LogP contribution in [0.1, 0.15) is 22.7 Å². The van der Waals surface area contributed by atoms with Crippen LogP contribution in [0.5, 0.6) is 0 Å². The summed E-state index contributed by atoms with van der Waals surface area (Å²) >= 11 is 0. The largest absolute Gasteiger partial charge is 0.379 e. The molecule has 0 aromatic heterocycles. The molecule has 170 valence electrons. The van der Waals surface area contributed by atoms with Gasteiger partial charge in [-0.05, 0) is 35.6 Å². The van der Waals surface area contributed by atoms with E-state index in [1.54, 1.807) is 0 Å². The van der Waals surface area contributed by atoms with E-state index < -0.39 is 11.8 Å². The van der Waals surface area contributed by atoms with E-state index in [2.05, 4.69) is 45.7 Å². The molecule has 1 atom stereocenters. The maximum absolute atomic E-state index is 12.5. The van der Waals surface area contributed by atoms with Crippen LogP contribution in [0.4, 0.5) is 5.69 Å². The van der Waals surface area contributed by atoms with Crippen molar-refractivity contribution in [1.82, 2.24) is 15.5 Å². The number of nitrogens with zero attached hydrogens (tertiary/aromatic N) is 2. The summed E-state index contributed by atoms with van der Waals surface area (Å²) in [6.45, 7) is 4.82. The summed E-state index contributed by atoms with van der Waals surface area (Å²) in [4.78, 5) is 29.3. The van der Waals surface area contributed by atoms with Crippen LogP contribution in [-0.4, -0.2) is 69.7 Å². The second-order valence-corrected chi connectivity index (χ2v) is 8.43. The topological polar surface area (TPSA) is 73.9 Å². The Morgan fingerprint density at radius 1 is 1.00 bits per heavy atom. The van der Waals surface area contributed by atoms with E-state index in [0.29, 0.717) is 32.7 Å². The molecule has 7 nitrogen and oxygen atoms in total. The molecule has 0 unspecified atom stereocenters. The maximum Gasteiger partial charge on any atom is 0.309 e. The predicted octanol–water partition coefficient (Wildman–Crippen LogP) is 1.53. The molecule has 2 aromatic rings. The Morgan fingerprint density at radius 3 is 2.53 bits per heavy atom. The summed E-state index contributed by atoms with van der Waals surface area (Å²) in [6.07, 6.45) is 1.73. The zero-order valence-corrected chi connectivity index (χ0v) is 18.7. The highest BCUT2D eigenvalue weighted by Crippen LogP contribution is 2.31. The van der Waals surface area contributed by atoms with Gasteiger partial charge >= 0.3 is 11.8 Å². The Morgan fingerprint density at radius 2 is 1.75 bits per heavy atom. The number of ether oxygens (including phenoxy) is 1. The second kappa shape index (κ2) is 10.6. The van der Waals surface area contributed by atoms with E-state index in [1.165, 1.54) is 16.8 Å². The lowest BCUT2D eigenvalue weighted by atomic mass is 10.0. The van der Waals surface area contributed by atoms with Crippen molar-refractivity contribution in [3.05, 3.63) is 65.2 Å². The number of carbonyl (C=O) groups excluding carboxylic acids is 2. The number of fused-ring (bicyclic) bond motifs is 1. The molecule has 0 bridgehead atoms. The normalized spacial score (nSPS) is 17.0. The van der Waals surface area contributed by atoms with Crippen LogP contribution >= 0.6 is 0 Å². The number of amides is 2. The highest BCUT2D eigenvalue weighted by Gasteiger charge is 2.26. The third kappa shape index (κ3) is 5.47. The molecule has 2 aliphatic heterocycles. The number of morpholine rings is 1. The van der Waals surface area contributed by atoms with Crippen LogP contribution in [0.15, 0.2) is 48.5 Å². The Kier molecular flexibility index (Phi) is 7.39. The zero-order chi connectivity index (χ0) is 22.3. The van der Waals surface area contributed by atoms with Gasteiger partial charge in [0, 0.05) is 45.5 Å². The summed E-state index contributed by atoms with van der Waals surface area (Å²) in [6, 6.07) is 16.5. The van der Waals surface area contributed by atoms with Crippen LogP contribution in [0.2, 0.25) is 0 Å². The Labute approximate surface area is 189 Å². The van der Waals surface area contributed by atoms with Gasteiger partial charge < -0.3 is 20.3 Å². The minimum Gasteiger partial charge on any atom is -0.379 e. The average Bonchev–Trinajstić information content (AvgIpc) is 3.20. The van der Waals surface area contributed by atoms with Gasteiger partial charge in [0.2, 0.25) is 0 Å². The van der Waals surface area contributed by atoms with Crippen molar-refractivity contribution in [2.45, 2.75) is 18.9 Å². The molecule has 32 heavy (non-hydrogen) atoms. The average molecular weight is 437 g/mol. The van der Waals surface area contributed by atoms with Crippen molar-refractivity contribution in [2.24, 2.45) is 0 Å². The molecule has 4 rings (SSSR count). The molecular formula is C25H32N4O3. The van der Waals surface area contributed by atoms with Crippen molar-refractivity contribution < 1.29 is 14.3 Å². The summed E-state index contributed by atoms with van der Waals surface area (Å²) in [5, 5.41) is 5.58. The molecule has 2 aliphatic rings. The third-order valence-corrected chi connectivity index (χ3v) is 6.31. The number of likely N-dealkylation sites (N-methyl/N-ethyl adjacent to an activating group) is 1. The van der Waals surface area contributed by atoms with Crippen LogP contribution in [-0.2, 0) is 27.2 Å². The number of hydrogen-bond acceptors (Lipinski definition) is 5. The number of anilines is 1. The van der Waals surface area contributed by atoms with Gasteiger partial charge in [-0.1, -0.05) is 42.5 Å². The van der Waals surface area contributed by atoms with Gasteiger partial charge in [0.25, 0.3) is 0 Å². The molecule has 2 aromatic carbocycles. The second-order valence-electron chi connectivity index (χ2n) is 8.43. The first-order valence-corrected chi connectivity index (χ1v) is 11.4. The van der Waals surface area contributed by atoms with Crippen LogP contribution in [0, 0.1) is 0 Å². The lowest BCUT2D eigenvalue weighted by Crippen LogP contribution is -2.47. The van der Waals surface area contributed by atoms with Crippen LogP contribution < -0.4 is 15.5 Å². The van der Waals surface area contributed by atoms with Crippen molar-refractivity contribution in [1.29, 1.82) is 0 Å². The highest BCUT2D eigenvalue weighted by molar-refractivity contribution is 6.35. The maximum atomic E-state index is 12.5. The molecule has 2 amide bonds. The van der Waals surface area contributed by atoms with Gasteiger partial charge in [0.15, 0.2) is 0 Å². The van der Waals surface area contributed by atoms with E-state index in [1.807, 2.05) is 30.3 Å². The molecule has 0 saturated carbocycles. The smallest absolute Gasteiger partial charge is 0.309 e. The first-order chi connectivity index (χ1) is 15.6. The monoisotopic (exact) mass is 436 g/mol. The van der Waals surface area contributed by atoms with Crippen LogP contribution in [0.3, 0.4) is 0 Å². The predicted molar refractivity (Wildman–Crippen MR) is 125 cm³/mol. The SMILES string of the molecule is CN1CCc2cc([C@@H](CNC(=O)C(=O)NCCc3ccccc3)N3CCOCC3)ccc21. The molecule has 1 fully saturated rings. The Balaban J connectivity index is 1.36. The number of nitrogens with one attached hydrogen (secondary N) is 2. The lowest BCUT2D eigenvalue weighted by molar-refractivity contribution is -0.139. The molecule has 2 heterocycles. The quantitative estimate of drug-likeness (QED) is 0.644. The fourth-order valence-electron chi connectivity index (χ4n) is 4.46. The molecule has 2 N–H and O–H groups in total. The third-order valence-electron chi connectivity index (χ3n) is 6.31. The van der Waals surface area contributed by atoms with E-state index in [-0.39, 0.29) is 6.04 Å². The fourth-order valence-corrected chi connectivity index (χ4v) is 4.46. The molecular weight excluding hydrogens is 404 g/mol. The standard InChI is InChI=1S/C25H32N4O3/c1-28-12-10-21-17-20(7-8-22(21)28)23(29-13-15-32-16-14-29)18-27-25(31)24(30)26-11-9-19-5-3-2-4-6-19/h2-8,17,23H,9-16,18H2,1H3,(H,26,30)(H,27,31)/t23-/m1/s1. The van der Waals surface area contributed by atoms with E-state index in [9.17, 15) is 9.59 Å². The first kappa shape index (κ1) is 22.3. The minimum atomic E-state index is -0.586. The fraction of sp³-hybridized carbons (Fsp3) is 0.440. The van der Waals surface area contributed by atoms with Crippen molar-refractivity contribution in [2.75, 3.05) is 57.9 Å². The number of hydrogen-bond donors (Lipinski definition) is 2. The summed E-state index contributed by atoms with van der Waals surface area (Å²) in [7, 11) is 2.11. The Bertz CT molecular complexity index is 928. The number of benzene rings is 2. The highest BCUT2D eigenvalue weighted by atomic mass is 16.5. The van der Waals surface area contributed by atoms with Gasteiger partial charge in [-0.2, -0.15) is 0 Å². The molecule has 7 heteroatoms. The molecule has 1 saturated heterocycles. The molecule has 0 radical (unpaired) electrons. The van der Waals surface area contributed by atoms with Gasteiger partial charge in [-0.15, -0.1) is 0 Å². The van der Waals surface area contributed by atoms with E-state index in [4.69, 9.17) is 4.74 Å². The van der Waals surface area contributed by atoms with Crippen LogP contribution in [0.25, 0.3) is 0 Å². The number of rotatable bonds is 7. The zero-order valence-electron chi connectivity index (χ0n) is 18.7. The summed E-state index contributed by atoms with van der Waals surface area (Å²) < 4.78 is 5.52. The first-order valence-electron chi connectivity index (χ1n) is 11.4. The Hall–Kier alpha value is -2.90. The minimum absolute atomic E-state index is 0.0103. The number of carbonyl (C=O) groups is 2. The van der Waals surface area contributed by atoms with E-state index in [0.717, 1.165) is 31.6 Å². The van der Waals surface area contributed by atoms with Crippen molar-refractivity contribution >= 4 is 17.5 Å².